The summed E-state index contributed by atoms with van der Waals surface area (Å²) in [6.07, 6.45) is 1.97. The van der Waals surface area contributed by atoms with Gasteiger partial charge in [-0.2, -0.15) is 5.10 Å². The molecule has 1 aromatic carbocycles. The maximum atomic E-state index is 12.5. The molecule has 0 aliphatic carbocycles. The van der Waals surface area contributed by atoms with Crippen LogP contribution in [-0.4, -0.2) is 32.6 Å². The van der Waals surface area contributed by atoms with E-state index in [1.54, 1.807) is 16.8 Å². The summed E-state index contributed by atoms with van der Waals surface area (Å²) < 4.78 is 1.74. The van der Waals surface area contributed by atoms with Crippen molar-refractivity contribution in [3.8, 4) is 0 Å². The Labute approximate surface area is 145 Å². The number of imide groups is 1. The van der Waals surface area contributed by atoms with E-state index in [0.717, 1.165) is 0 Å². The van der Waals surface area contributed by atoms with Crippen LogP contribution in [0.1, 0.15) is 64.5 Å². The van der Waals surface area contributed by atoms with E-state index in [0.29, 0.717) is 17.2 Å². The summed E-state index contributed by atoms with van der Waals surface area (Å²) in [6, 6.07) is 6.35. The fourth-order valence-corrected chi connectivity index (χ4v) is 2.84. The van der Waals surface area contributed by atoms with E-state index in [2.05, 4.69) is 5.10 Å². The van der Waals surface area contributed by atoms with Crippen molar-refractivity contribution in [2.24, 2.45) is 0 Å². The first-order chi connectivity index (χ1) is 11.8. The Bertz CT molecular complexity index is 842. The number of carbonyl (C=O) groups excluding carboxylic acids is 3. The van der Waals surface area contributed by atoms with Crippen molar-refractivity contribution in [1.29, 1.82) is 0 Å². The number of carbonyl (C=O) groups is 3. The molecule has 0 bridgehead atoms. The van der Waals surface area contributed by atoms with E-state index >= 15 is 0 Å². The van der Waals surface area contributed by atoms with Gasteiger partial charge in [0.1, 0.15) is 5.56 Å². The molecule has 3 rings (SSSR count). The topological polar surface area (TPSA) is 81.5 Å². The number of rotatable bonds is 3. The molecule has 2 amide bonds. The Morgan fingerprint density at radius 3 is 2.16 bits per heavy atom. The lowest BCUT2D eigenvalue weighted by atomic mass is 10.1. The van der Waals surface area contributed by atoms with Crippen molar-refractivity contribution in [2.45, 2.75) is 39.7 Å². The summed E-state index contributed by atoms with van der Waals surface area (Å²) in [5, 5.41) is 4.77. The lowest BCUT2D eigenvalue weighted by Gasteiger charge is -2.22. The first kappa shape index (κ1) is 16.9. The minimum absolute atomic E-state index is 0.224. The largest absolute Gasteiger partial charge is 0.367 e. The van der Waals surface area contributed by atoms with Crippen molar-refractivity contribution >= 4 is 17.8 Å². The van der Waals surface area contributed by atoms with Gasteiger partial charge in [-0.15, -0.1) is 0 Å². The molecule has 1 aliphatic rings. The van der Waals surface area contributed by atoms with Crippen LogP contribution in [0.5, 0.6) is 0 Å². The molecule has 7 nitrogen and oxygen atoms in total. The maximum absolute atomic E-state index is 12.5. The van der Waals surface area contributed by atoms with Crippen LogP contribution >= 0.6 is 0 Å². The van der Waals surface area contributed by atoms with Gasteiger partial charge in [-0.25, -0.2) is 4.79 Å². The first-order valence-electron chi connectivity index (χ1n) is 8.03. The van der Waals surface area contributed by atoms with Gasteiger partial charge in [-0.05, 0) is 39.3 Å². The lowest BCUT2D eigenvalue weighted by Crippen LogP contribution is -2.33. The fourth-order valence-electron chi connectivity index (χ4n) is 2.84. The van der Waals surface area contributed by atoms with E-state index in [-0.39, 0.29) is 22.2 Å². The number of amides is 2. The van der Waals surface area contributed by atoms with Crippen LogP contribution in [0.25, 0.3) is 0 Å². The number of fused-ring (bicyclic) bond motifs is 1. The second kappa shape index (κ2) is 5.84. The van der Waals surface area contributed by atoms with Gasteiger partial charge in [-0.1, -0.05) is 24.1 Å². The van der Waals surface area contributed by atoms with Crippen LogP contribution in [0, 0.1) is 0 Å². The standard InChI is InChI=1S/C18H19N3O4/c1-5-14-13(10-19-21(14)18(2,3)4)17(24)25-20-15(22)11-8-6-7-9-12(11)16(20)23/h6-10H,5H2,1-4H3. The molecule has 2 heterocycles. The van der Waals surface area contributed by atoms with Gasteiger partial charge in [0.05, 0.1) is 28.6 Å². The Morgan fingerprint density at radius 1 is 1.12 bits per heavy atom. The van der Waals surface area contributed by atoms with E-state index < -0.39 is 17.8 Å². The number of hydrogen-bond donors (Lipinski definition) is 0. The first-order valence-corrected chi connectivity index (χ1v) is 8.03. The van der Waals surface area contributed by atoms with Crippen molar-refractivity contribution in [1.82, 2.24) is 14.8 Å². The molecule has 1 aromatic heterocycles. The minimum atomic E-state index is -0.776. The van der Waals surface area contributed by atoms with Crippen LogP contribution in [0.2, 0.25) is 0 Å². The molecule has 0 fully saturated rings. The van der Waals surface area contributed by atoms with Gasteiger partial charge in [0.25, 0.3) is 11.8 Å². The Hall–Kier alpha value is -2.96. The zero-order valence-electron chi connectivity index (χ0n) is 14.6. The highest BCUT2D eigenvalue weighted by Crippen LogP contribution is 2.25. The van der Waals surface area contributed by atoms with Gasteiger partial charge in [0.2, 0.25) is 0 Å². The summed E-state index contributed by atoms with van der Waals surface area (Å²) >= 11 is 0. The highest BCUT2D eigenvalue weighted by atomic mass is 16.7. The van der Waals surface area contributed by atoms with Gasteiger partial charge >= 0.3 is 5.97 Å². The molecule has 2 aromatic rings. The molecule has 0 saturated heterocycles. The normalized spacial score (nSPS) is 14.0. The molecule has 7 heteroatoms. The molecule has 130 valence electrons. The summed E-state index contributed by atoms with van der Waals surface area (Å²) in [7, 11) is 0. The zero-order valence-corrected chi connectivity index (χ0v) is 14.6. The van der Waals surface area contributed by atoms with Gasteiger partial charge in [-0.3, -0.25) is 14.3 Å². The molecule has 0 N–H and O–H groups in total. The Balaban J connectivity index is 1.89. The quantitative estimate of drug-likeness (QED) is 0.802. The molecule has 0 unspecified atom stereocenters. The third kappa shape index (κ3) is 2.71. The average molecular weight is 341 g/mol. The molecule has 0 saturated carbocycles. The van der Waals surface area contributed by atoms with Gasteiger partial charge in [0, 0.05) is 0 Å². The SMILES string of the molecule is CCc1c(C(=O)ON2C(=O)c3ccccc3C2=O)cnn1C(C)(C)C. The molecule has 0 spiro atoms. The van der Waals surface area contributed by atoms with Crippen molar-refractivity contribution in [3.05, 3.63) is 52.8 Å². The van der Waals surface area contributed by atoms with E-state index in [1.165, 1.54) is 18.3 Å². The van der Waals surface area contributed by atoms with Crippen LogP contribution in [0.4, 0.5) is 0 Å². The number of benzene rings is 1. The second-order valence-corrected chi connectivity index (χ2v) is 6.77. The summed E-state index contributed by atoms with van der Waals surface area (Å²) in [5.74, 6) is -2.06. The third-order valence-electron chi connectivity index (χ3n) is 3.99. The highest BCUT2D eigenvalue weighted by Gasteiger charge is 2.39. The van der Waals surface area contributed by atoms with Crippen molar-refractivity contribution < 1.29 is 19.2 Å². The molecule has 25 heavy (non-hydrogen) atoms. The van der Waals surface area contributed by atoms with Crippen molar-refractivity contribution in [2.75, 3.05) is 0 Å². The summed E-state index contributed by atoms with van der Waals surface area (Å²) in [6.45, 7) is 7.81. The molecule has 0 atom stereocenters. The number of nitrogens with zero attached hydrogens (tertiary/aromatic N) is 3. The van der Waals surface area contributed by atoms with Crippen LogP contribution < -0.4 is 0 Å². The predicted molar refractivity (Wildman–Crippen MR) is 89.0 cm³/mol. The lowest BCUT2D eigenvalue weighted by molar-refractivity contribution is -0.0585. The van der Waals surface area contributed by atoms with Crippen molar-refractivity contribution in [3.63, 3.8) is 0 Å². The minimum Gasteiger partial charge on any atom is -0.324 e. The molecular formula is C18H19N3O4. The van der Waals surface area contributed by atoms with E-state index in [1.807, 2.05) is 27.7 Å². The van der Waals surface area contributed by atoms with E-state index in [4.69, 9.17) is 4.84 Å². The average Bonchev–Trinajstić information content (AvgIpc) is 3.11. The number of aromatic nitrogens is 2. The van der Waals surface area contributed by atoms with Crippen LogP contribution in [0.15, 0.2) is 30.5 Å². The zero-order chi connectivity index (χ0) is 18.4. The Morgan fingerprint density at radius 2 is 1.68 bits per heavy atom. The molecular weight excluding hydrogens is 322 g/mol. The number of hydrogen-bond acceptors (Lipinski definition) is 5. The van der Waals surface area contributed by atoms with Gasteiger partial charge < -0.3 is 4.84 Å². The third-order valence-corrected chi connectivity index (χ3v) is 3.99. The second-order valence-electron chi connectivity index (χ2n) is 6.77. The molecule has 0 radical (unpaired) electrons. The van der Waals surface area contributed by atoms with Gasteiger partial charge in [0.15, 0.2) is 0 Å². The maximum Gasteiger partial charge on any atom is 0.367 e. The van der Waals surface area contributed by atoms with Crippen LogP contribution in [0.3, 0.4) is 0 Å². The Kier molecular flexibility index (Phi) is 3.94. The van der Waals surface area contributed by atoms with E-state index in [9.17, 15) is 14.4 Å². The number of hydroxylamine groups is 2. The summed E-state index contributed by atoms with van der Waals surface area (Å²) in [4.78, 5) is 42.3. The smallest absolute Gasteiger partial charge is 0.324 e. The monoisotopic (exact) mass is 341 g/mol. The fraction of sp³-hybridized carbons (Fsp3) is 0.333. The molecule has 1 aliphatic heterocycles. The summed E-state index contributed by atoms with van der Waals surface area (Å²) in [5.41, 5.74) is 1.07. The predicted octanol–water partition coefficient (Wildman–Crippen LogP) is 2.57. The highest BCUT2D eigenvalue weighted by molar-refractivity contribution is 6.21. The van der Waals surface area contributed by atoms with Crippen LogP contribution in [-0.2, 0) is 16.8 Å².